The Morgan fingerprint density at radius 3 is 1.78 bits per heavy atom. The van der Waals surface area contributed by atoms with Crippen LogP contribution < -0.4 is 5.73 Å². The highest BCUT2D eigenvalue weighted by atomic mass is 32.1. The fourth-order valence-electron chi connectivity index (χ4n) is 1.81. The topological polar surface area (TPSA) is 35.2 Å². The van der Waals surface area contributed by atoms with Gasteiger partial charge in [0.25, 0.3) is 0 Å². The first-order valence-electron chi connectivity index (χ1n) is 5.77. The van der Waals surface area contributed by atoms with E-state index in [-0.39, 0.29) is 12.7 Å². The Labute approximate surface area is 112 Å². The number of nitrogens with two attached hydrogens (primary N) is 1. The molecule has 0 bridgehead atoms. The zero-order chi connectivity index (χ0) is 12.8. The van der Waals surface area contributed by atoms with Gasteiger partial charge in [-0.15, -0.1) is 0 Å². The van der Waals surface area contributed by atoms with Crippen molar-refractivity contribution in [1.29, 1.82) is 0 Å². The first-order valence-corrected chi connectivity index (χ1v) is 6.18. The van der Waals surface area contributed by atoms with E-state index in [0.29, 0.717) is 4.99 Å². The minimum absolute atomic E-state index is 0.131. The third-order valence-corrected chi connectivity index (χ3v) is 2.71. The second-order valence-electron chi connectivity index (χ2n) is 3.98. The summed E-state index contributed by atoms with van der Waals surface area (Å²) in [5, 5.41) is 0. The van der Waals surface area contributed by atoms with Gasteiger partial charge >= 0.3 is 0 Å². The van der Waals surface area contributed by atoms with E-state index in [9.17, 15) is 0 Å². The van der Waals surface area contributed by atoms with E-state index in [0.717, 1.165) is 11.1 Å². The number of thiocarbonyl (C=S) groups is 1. The van der Waals surface area contributed by atoms with E-state index < -0.39 is 0 Å². The third kappa shape index (κ3) is 3.39. The average molecular weight is 257 g/mol. The van der Waals surface area contributed by atoms with E-state index in [1.54, 1.807) is 0 Å². The summed E-state index contributed by atoms with van der Waals surface area (Å²) in [6, 6.07) is 20.1. The molecule has 0 atom stereocenters. The molecule has 2 N–H and O–H groups in total. The van der Waals surface area contributed by atoms with Crippen LogP contribution in [0, 0.1) is 0 Å². The Balaban J connectivity index is 2.26. The summed E-state index contributed by atoms with van der Waals surface area (Å²) in [5.41, 5.74) is 7.70. The van der Waals surface area contributed by atoms with Crippen LogP contribution in [-0.2, 0) is 4.74 Å². The number of ether oxygens (including phenoxy) is 1. The maximum atomic E-state index is 5.81. The molecule has 2 aromatic carbocycles. The Kier molecular flexibility index (Phi) is 4.45. The molecular weight excluding hydrogens is 242 g/mol. The molecule has 18 heavy (non-hydrogen) atoms. The fourth-order valence-corrected chi connectivity index (χ4v) is 1.87. The molecule has 0 radical (unpaired) electrons. The predicted octanol–water partition coefficient (Wildman–Crippen LogP) is 3.08. The van der Waals surface area contributed by atoms with Crippen LogP contribution >= 0.6 is 12.2 Å². The molecule has 0 aromatic heterocycles. The fraction of sp³-hybridized carbons (Fsp3) is 0.133. The van der Waals surface area contributed by atoms with E-state index >= 15 is 0 Å². The van der Waals surface area contributed by atoms with Crippen molar-refractivity contribution in [2.24, 2.45) is 5.73 Å². The highest BCUT2D eigenvalue weighted by Crippen LogP contribution is 2.25. The molecule has 0 saturated heterocycles. The molecule has 0 heterocycles. The van der Waals surface area contributed by atoms with Crippen molar-refractivity contribution < 1.29 is 4.74 Å². The lowest BCUT2D eigenvalue weighted by atomic mass is 10.0. The Bertz CT molecular complexity index is 459. The Morgan fingerprint density at radius 1 is 0.944 bits per heavy atom. The van der Waals surface area contributed by atoms with Gasteiger partial charge in [0.15, 0.2) is 0 Å². The largest absolute Gasteiger partial charge is 0.391 e. The van der Waals surface area contributed by atoms with Crippen LogP contribution in [0.3, 0.4) is 0 Å². The van der Waals surface area contributed by atoms with Crippen LogP contribution in [0.1, 0.15) is 17.2 Å². The summed E-state index contributed by atoms with van der Waals surface area (Å²) >= 11 is 4.87. The van der Waals surface area contributed by atoms with Crippen molar-refractivity contribution in [3.05, 3.63) is 71.8 Å². The van der Waals surface area contributed by atoms with Crippen LogP contribution in [0.5, 0.6) is 0 Å². The number of hydrogen-bond donors (Lipinski definition) is 1. The van der Waals surface area contributed by atoms with Crippen molar-refractivity contribution in [2.75, 3.05) is 6.61 Å². The molecule has 0 spiro atoms. The summed E-state index contributed by atoms with van der Waals surface area (Å²) in [6.07, 6.45) is -0.131. The number of hydrogen-bond acceptors (Lipinski definition) is 2. The van der Waals surface area contributed by atoms with Gasteiger partial charge in [-0.05, 0) is 11.1 Å². The summed E-state index contributed by atoms with van der Waals surface area (Å²) < 4.78 is 5.81. The average Bonchev–Trinajstić information content (AvgIpc) is 2.41. The third-order valence-electron chi connectivity index (χ3n) is 2.60. The van der Waals surface area contributed by atoms with Crippen molar-refractivity contribution in [1.82, 2.24) is 0 Å². The molecule has 3 heteroatoms. The van der Waals surface area contributed by atoms with Crippen LogP contribution in [0.25, 0.3) is 0 Å². The molecule has 92 valence electrons. The summed E-state index contributed by atoms with van der Waals surface area (Å²) in [4.78, 5) is 0.367. The Morgan fingerprint density at radius 2 is 1.39 bits per heavy atom. The minimum Gasteiger partial charge on any atom is -0.391 e. The van der Waals surface area contributed by atoms with Gasteiger partial charge in [0.2, 0.25) is 0 Å². The van der Waals surface area contributed by atoms with Gasteiger partial charge in [-0.25, -0.2) is 0 Å². The SMILES string of the molecule is NC(=S)COC(c1ccccc1)c1ccccc1. The normalized spacial score (nSPS) is 10.5. The van der Waals surface area contributed by atoms with E-state index in [2.05, 4.69) is 0 Å². The number of benzene rings is 2. The van der Waals surface area contributed by atoms with Crippen molar-refractivity contribution in [3.63, 3.8) is 0 Å². The lowest BCUT2D eigenvalue weighted by Crippen LogP contribution is -2.18. The first kappa shape index (κ1) is 12.7. The Hall–Kier alpha value is -1.71. The number of rotatable bonds is 5. The highest BCUT2D eigenvalue weighted by Gasteiger charge is 2.14. The lowest BCUT2D eigenvalue weighted by molar-refractivity contribution is 0.113. The summed E-state index contributed by atoms with van der Waals surface area (Å²) in [6.45, 7) is 0.282. The molecule has 0 amide bonds. The van der Waals surface area contributed by atoms with Gasteiger partial charge in [-0.1, -0.05) is 72.9 Å². The second-order valence-corrected chi connectivity index (χ2v) is 4.50. The van der Waals surface area contributed by atoms with Gasteiger partial charge in [0, 0.05) is 0 Å². The predicted molar refractivity (Wildman–Crippen MR) is 77.5 cm³/mol. The molecule has 0 aliphatic carbocycles. The van der Waals surface area contributed by atoms with Crippen LogP contribution in [0.15, 0.2) is 60.7 Å². The molecule has 0 fully saturated rings. The summed E-state index contributed by atoms with van der Waals surface area (Å²) in [7, 11) is 0. The van der Waals surface area contributed by atoms with Crippen molar-refractivity contribution >= 4 is 17.2 Å². The van der Waals surface area contributed by atoms with Gasteiger partial charge in [0.05, 0.1) is 11.6 Å². The van der Waals surface area contributed by atoms with Crippen molar-refractivity contribution in [3.8, 4) is 0 Å². The molecule has 0 unspecified atom stereocenters. The summed E-state index contributed by atoms with van der Waals surface area (Å²) in [5.74, 6) is 0. The highest BCUT2D eigenvalue weighted by molar-refractivity contribution is 7.80. The van der Waals surface area contributed by atoms with Crippen LogP contribution in [0.2, 0.25) is 0 Å². The smallest absolute Gasteiger partial charge is 0.108 e. The zero-order valence-electron chi connectivity index (χ0n) is 9.95. The van der Waals surface area contributed by atoms with Gasteiger partial charge in [-0.2, -0.15) is 0 Å². The molecule has 2 rings (SSSR count). The molecule has 2 nitrogen and oxygen atoms in total. The molecule has 2 aromatic rings. The van der Waals surface area contributed by atoms with E-state index in [4.69, 9.17) is 22.7 Å². The molecule has 0 aliphatic rings. The quantitative estimate of drug-likeness (QED) is 0.836. The standard InChI is InChI=1S/C15H15NOS/c16-14(18)11-17-15(12-7-3-1-4-8-12)13-9-5-2-6-10-13/h1-10,15H,11H2,(H2,16,18). The second kappa shape index (κ2) is 6.28. The van der Waals surface area contributed by atoms with Crippen molar-refractivity contribution in [2.45, 2.75) is 6.10 Å². The maximum Gasteiger partial charge on any atom is 0.108 e. The lowest BCUT2D eigenvalue weighted by Gasteiger charge is -2.18. The maximum absolute atomic E-state index is 5.81. The van der Waals surface area contributed by atoms with E-state index in [1.807, 2.05) is 60.7 Å². The monoisotopic (exact) mass is 257 g/mol. The zero-order valence-corrected chi connectivity index (χ0v) is 10.8. The molecule has 0 saturated carbocycles. The van der Waals surface area contributed by atoms with E-state index in [1.165, 1.54) is 0 Å². The van der Waals surface area contributed by atoms with Gasteiger partial charge < -0.3 is 10.5 Å². The van der Waals surface area contributed by atoms with Crippen LogP contribution in [-0.4, -0.2) is 11.6 Å². The first-order chi connectivity index (χ1) is 8.77. The van der Waals surface area contributed by atoms with Gasteiger partial charge in [0.1, 0.15) is 6.10 Å². The molecular formula is C15H15NOS. The molecule has 0 aliphatic heterocycles. The van der Waals surface area contributed by atoms with Gasteiger partial charge in [-0.3, -0.25) is 0 Å². The minimum atomic E-state index is -0.131. The van der Waals surface area contributed by atoms with Crippen LogP contribution in [0.4, 0.5) is 0 Å².